The maximum absolute atomic E-state index is 12.0. The third-order valence-corrected chi connectivity index (χ3v) is 3.08. The van der Waals surface area contributed by atoms with E-state index < -0.39 is 12.8 Å². The lowest BCUT2D eigenvalue weighted by Gasteiger charge is -2.23. The van der Waals surface area contributed by atoms with Crippen LogP contribution in [0.1, 0.15) is 32.8 Å². The Morgan fingerprint density at radius 3 is 2.37 bits per heavy atom. The highest BCUT2D eigenvalue weighted by Crippen LogP contribution is 2.22. The first kappa shape index (κ1) is 25.8. The van der Waals surface area contributed by atoms with Crippen molar-refractivity contribution in [2.45, 2.75) is 45.5 Å². The van der Waals surface area contributed by atoms with E-state index in [4.69, 9.17) is 4.74 Å². The second kappa shape index (κ2) is 12.3. The third kappa shape index (κ3) is 12.7. The Morgan fingerprint density at radius 2 is 1.78 bits per heavy atom. The fraction of sp³-hybridized carbons (Fsp3) is 0.611. The minimum atomic E-state index is -4.28. The lowest BCUT2D eigenvalue weighted by Crippen LogP contribution is -2.37. The van der Waals surface area contributed by atoms with Gasteiger partial charge in [0.1, 0.15) is 18.0 Å². The highest BCUT2D eigenvalue weighted by molar-refractivity contribution is 14.0. The van der Waals surface area contributed by atoms with E-state index in [0.29, 0.717) is 25.5 Å². The summed E-state index contributed by atoms with van der Waals surface area (Å²) in [5.74, 6) is 1.36. The van der Waals surface area contributed by atoms with Gasteiger partial charge in [-0.1, -0.05) is 18.2 Å². The highest BCUT2D eigenvalue weighted by Gasteiger charge is 2.27. The Hall–Kier alpha value is -1.23. The molecule has 0 aromatic heterocycles. The van der Waals surface area contributed by atoms with Crippen LogP contribution in [0, 0.1) is 0 Å². The van der Waals surface area contributed by atoms with Crippen molar-refractivity contribution in [3.05, 3.63) is 29.8 Å². The molecule has 0 amide bonds. The maximum Gasteiger partial charge on any atom is 0.411 e. The van der Waals surface area contributed by atoms with Crippen LogP contribution in [0.5, 0.6) is 5.75 Å². The number of nitrogens with one attached hydrogen (secondary N) is 2. The SMILES string of the molecule is CN=C(NCCCOCC(F)(F)F)NCc1ccccc1OC(C)(C)C.I. The number of nitrogens with zero attached hydrogens (tertiary/aromatic N) is 1. The zero-order chi connectivity index (χ0) is 19.6. The molecule has 0 aliphatic carbocycles. The van der Waals surface area contributed by atoms with E-state index in [2.05, 4.69) is 20.4 Å². The van der Waals surface area contributed by atoms with Gasteiger partial charge in [0.25, 0.3) is 0 Å². The van der Waals surface area contributed by atoms with Crippen LogP contribution >= 0.6 is 24.0 Å². The molecule has 0 fully saturated rings. The number of benzene rings is 1. The van der Waals surface area contributed by atoms with E-state index >= 15 is 0 Å². The van der Waals surface area contributed by atoms with Gasteiger partial charge in [-0.3, -0.25) is 4.99 Å². The van der Waals surface area contributed by atoms with Gasteiger partial charge < -0.3 is 20.1 Å². The normalized spacial score (nSPS) is 12.3. The molecule has 2 N–H and O–H groups in total. The number of ether oxygens (including phenoxy) is 2. The molecule has 0 saturated carbocycles. The Morgan fingerprint density at radius 1 is 1.11 bits per heavy atom. The molecule has 0 bridgehead atoms. The summed E-state index contributed by atoms with van der Waals surface area (Å²) in [5.41, 5.74) is 0.686. The number of aliphatic imine (C=N–C) groups is 1. The van der Waals surface area contributed by atoms with Gasteiger partial charge >= 0.3 is 6.18 Å². The summed E-state index contributed by atoms with van der Waals surface area (Å²) in [6.45, 7) is 5.74. The van der Waals surface area contributed by atoms with Crippen molar-refractivity contribution in [2.75, 3.05) is 26.8 Å². The predicted molar refractivity (Wildman–Crippen MR) is 112 cm³/mol. The van der Waals surface area contributed by atoms with Crippen LogP contribution in [0.25, 0.3) is 0 Å². The fourth-order valence-electron chi connectivity index (χ4n) is 2.05. The Kier molecular flexibility index (Phi) is 11.7. The van der Waals surface area contributed by atoms with E-state index in [1.165, 1.54) is 0 Å². The van der Waals surface area contributed by atoms with E-state index in [0.717, 1.165) is 11.3 Å². The quantitative estimate of drug-likeness (QED) is 0.243. The molecule has 1 aromatic rings. The Labute approximate surface area is 176 Å². The van der Waals surface area contributed by atoms with Crippen molar-refractivity contribution in [1.82, 2.24) is 10.6 Å². The second-order valence-electron chi connectivity index (χ2n) is 6.70. The minimum absolute atomic E-state index is 0. The molecular weight excluding hydrogens is 474 g/mol. The molecule has 0 aliphatic rings. The van der Waals surface area contributed by atoms with Gasteiger partial charge in [-0.25, -0.2) is 0 Å². The lowest BCUT2D eigenvalue weighted by molar-refractivity contribution is -0.173. The molecule has 0 spiro atoms. The molecule has 0 heterocycles. The summed E-state index contributed by atoms with van der Waals surface area (Å²) < 4.78 is 46.4. The fourth-order valence-corrected chi connectivity index (χ4v) is 2.05. The van der Waals surface area contributed by atoms with Crippen molar-refractivity contribution in [3.8, 4) is 5.75 Å². The molecule has 0 radical (unpaired) electrons. The van der Waals surface area contributed by atoms with Gasteiger partial charge in [0.05, 0.1) is 0 Å². The predicted octanol–water partition coefficient (Wildman–Crippen LogP) is 4.12. The first-order valence-corrected chi connectivity index (χ1v) is 8.46. The topological polar surface area (TPSA) is 54.9 Å². The Balaban J connectivity index is 0.00000676. The molecule has 27 heavy (non-hydrogen) atoms. The van der Waals surface area contributed by atoms with Crippen molar-refractivity contribution in [2.24, 2.45) is 4.99 Å². The largest absolute Gasteiger partial charge is 0.488 e. The molecule has 5 nitrogen and oxygen atoms in total. The van der Waals surface area contributed by atoms with Gasteiger partial charge in [0, 0.05) is 32.3 Å². The van der Waals surface area contributed by atoms with Gasteiger partial charge in [0.2, 0.25) is 0 Å². The molecule has 0 unspecified atom stereocenters. The first-order chi connectivity index (χ1) is 12.1. The third-order valence-electron chi connectivity index (χ3n) is 3.08. The van der Waals surface area contributed by atoms with Crippen LogP contribution in [0.15, 0.2) is 29.3 Å². The number of hydrogen-bond donors (Lipinski definition) is 2. The molecule has 0 aliphatic heterocycles. The maximum atomic E-state index is 12.0. The van der Waals surface area contributed by atoms with Gasteiger partial charge in [0.15, 0.2) is 5.96 Å². The summed E-state index contributed by atoms with van der Waals surface area (Å²) in [4.78, 5) is 4.10. The second-order valence-corrected chi connectivity index (χ2v) is 6.70. The summed E-state index contributed by atoms with van der Waals surface area (Å²) >= 11 is 0. The van der Waals surface area contributed by atoms with Crippen LogP contribution in [-0.4, -0.2) is 44.5 Å². The van der Waals surface area contributed by atoms with Gasteiger partial charge in [-0.05, 0) is 33.3 Å². The zero-order valence-corrected chi connectivity index (χ0v) is 18.5. The molecule has 0 atom stereocenters. The van der Waals surface area contributed by atoms with Crippen molar-refractivity contribution < 1.29 is 22.6 Å². The molecule has 156 valence electrons. The van der Waals surface area contributed by atoms with Crippen LogP contribution in [0.3, 0.4) is 0 Å². The van der Waals surface area contributed by atoms with Gasteiger partial charge in [-0.15, -0.1) is 24.0 Å². The summed E-state index contributed by atoms with van der Waals surface area (Å²) in [5, 5.41) is 6.21. The van der Waals surface area contributed by atoms with Crippen molar-refractivity contribution in [1.29, 1.82) is 0 Å². The average molecular weight is 503 g/mol. The van der Waals surface area contributed by atoms with E-state index in [-0.39, 0.29) is 36.2 Å². The summed E-state index contributed by atoms with van der Waals surface area (Å²) in [7, 11) is 1.63. The molecule has 1 aromatic carbocycles. The average Bonchev–Trinajstić information content (AvgIpc) is 2.52. The number of para-hydroxylation sites is 1. The highest BCUT2D eigenvalue weighted by atomic mass is 127. The summed E-state index contributed by atoms with van der Waals surface area (Å²) in [6.07, 6.45) is -3.84. The number of halogens is 4. The number of alkyl halides is 3. The minimum Gasteiger partial charge on any atom is -0.488 e. The molecule has 0 saturated heterocycles. The van der Waals surface area contributed by atoms with Crippen LogP contribution in [-0.2, 0) is 11.3 Å². The van der Waals surface area contributed by atoms with Crippen molar-refractivity contribution >= 4 is 29.9 Å². The number of guanidine groups is 1. The zero-order valence-electron chi connectivity index (χ0n) is 16.2. The number of rotatable bonds is 8. The molecular formula is C18H29F3IN3O2. The van der Waals surface area contributed by atoms with Crippen LogP contribution in [0.4, 0.5) is 13.2 Å². The monoisotopic (exact) mass is 503 g/mol. The smallest absolute Gasteiger partial charge is 0.411 e. The standard InChI is InChI=1S/C18H28F3N3O2.HI/c1-17(2,3)26-15-9-6-5-8-14(15)12-24-16(22-4)23-10-7-11-25-13-18(19,20)21;/h5-6,8-9H,7,10-13H2,1-4H3,(H2,22,23,24);1H. The molecule has 9 heteroatoms. The molecule has 1 rings (SSSR count). The van der Waals surface area contributed by atoms with Gasteiger partial charge in [-0.2, -0.15) is 13.2 Å². The lowest BCUT2D eigenvalue weighted by atomic mass is 10.1. The van der Waals surface area contributed by atoms with E-state index in [9.17, 15) is 13.2 Å². The van der Waals surface area contributed by atoms with Crippen molar-refractivity contribution in [3.63, 3.8) is 0 Å². The summed E-state index contributed by atoms with van der Waals surface area (Å²) in [6, 6.07) is 7.72. The van der Waals surface area contributed by atoms with Crippen LogP contribution in [0.2, 0.25) is 0 Å². The number of hydrogen-bond acceptors (Lipinski definition) is 3. The van der Waals surface area contributed by atoms with Crippen LogP contribution < -0.4 is 15.4 Å². The Bertz CT molecular complexity index is 576. The van der Waals surface area contributed by atoms with E-state index in [1.807, 2.05) is 45.0 Å². The van der Waals surface area contributed by atoms with E-state index in [1.54, 1.807) is 7.05 Å². The first-order valence-electron chi connectivity index (χ1n) is 8.46.